The lowest BCUT2D eigenvalue weighted by Gasteiger charge is -2.14. The molecule has 2 aromatic carbocycles. The number of methoxy groups -OCH3 is 1. The first-order valence-corrected chi connectivity index (χ1v) is 7.30. The Morgan fingerprint density at radius 3 is 2.24 bits per heavy atom. The zero-order valence-corrected chi connectivity index (χ0v) is 13.2. The summed E-state index contributed by atoms with van der Waals surface area (Å²) in [6.07, 6.45) is -0.708. The molecule has 1 atom stereocenters. The van der Waals surface area contributed by atoms with Crippen molar-refractivity contribution < 1.29 is 19.3 Å². The molecule has 0 aliphatic carbocycles. The largest absolute Gasteiger partial charge is 0.497 e. The van der Waals surface area contributed by atoms with Crippen LogP contribution in [-0.2, 0) is 0 Å². The van der Waals surface area contributed by atoms with Crippen molar-refractivity contribution in [1.82, 2.24) is 0 Å². The Bertz CT molecular complexity index is 556. The molecule has 0 fully saturated rings. The van der Waals surface area contributed by atoms with Crippen LogP contribution < -0.4 is 14.2 Å². The van der Waals surface area contributed by atoms with Crippen LogP contribution in [-0.4, -0.2) is 31.5 Å². The lowest BCUT2D eigenvalue weighted by atomic mass is 10.3. The van der Waals surface area contributed by atoms with Gasteiger partial charge in [0.1, 0.15) is 36.6 Å². The van der Waals surface area contributed by atoms with E-state index in [0.717, 1.165) is 4.47 Å². The van der Waals surface area contributed by atoms with Gasteiger partial charge in [0.05, 0.1) is 7.11 Å². The Labute approximate surface area is 132 Å². The summed E-state index contributed by atoms with van der Waals surface area (Å²) in [5, 5.41) is 9.86. The maximum atomic E-state index is 9.86. The van der Waals surface area contributed by atoms with Crippen LogP contribution in [0.1, 0.15) is 0 Å². The van der Waals surface area contributed by atoms with E-state index in [-0.39, 0.29) is 13.2 Å². The number of benzene rings is 2. The maximum absolute atomic E-state index is 9.86. The molecule has 0 saturated heterocycles. The first-order chi connectivity index (χ1) is 10.2. The topological polar surface area (TPSA) is 47.9 Å². The summed E-state index contributed by atoms with van der Waals surface area (Å²) in [7, 11) is 1.60. The maximum Gasteiger partial charge on any atom is 0.123 e. The summed E-state index contributed by atoms with van der Waals surface area (Å²) in [6.45, 7) is 0.329. The van der Waals surface area contributed by atoms with Gasteiger partial charge in [-0.15, -0.1) is 0 Å². The molecule has 0 aromatic heterocycles. The van der Waals surface area contributed by atoms with E-state index in [2.05, 4.69) is 15.9 Å². The normalized spacial score (nSPS) is 11.8. The van der Waals surface area contributed by atoms with Gasteiger partial charge in [0.25, 0.3) is 0 Å². The minimum absolute atomic E-state index is 0.156. The molecule has 4 nitrogen and oxygen atoms in total. The average molecular weight is 353 g/mol. The predicted molar refractivity (Wildman–Crippen MR) is 84.1 cm³/mol. The number of rotatable bonds is 7. The van der Waals surface area contributed by atoms with Crippen molar-refractivity contribution in [2.45, 2.75) is 6.10 Å². The van der Waals surface area contributed by atoms with Crippen LogP contribution in [0.25, 0.3) is 0 Å². The summed E-state index contributed by atoms with van der Waals surface area (Å²) in [4.78, 5) is 0. The summed E-state index contributed by atoms with van der Waals surface area (Å²) >= 11 is 3.35. The van der Waals surface area contributed by atoms with E-state index in [1.807, 2.05) is 42.5 Å². The van der Waals surface area contributed by atoms with Gasteiger partial charge < -0.3 is 19.3 Å². The molecule has 0 aliphatic heterocycles. The third-order valence-corrected chi connectivity index (χ3v) is 3.27. The molecule has 0 heterocycles. The first-order valence-electron chi connectivity index (χ1n) is 6.50. The zero-order chi connectivity index (χ0) is 15.1. The fourth-order valence-corrected chi connectivity index (χ4v) is 1.92. The van der Waals surface area contributed by atoms with Crippen LogP contribution in [0.15, 0.2) is 53.0 Å². The predicted octanol–water partition coefficient (Wildman–Crippen LogP) is 3.28. The molecule has 0 aliphatic rings. The number of hydrogen-bond donors (Lipinski definition) is 1. The summed E-state index contributed by atoms with van der Waals surface area (Å²) < 4.78 is 17.1. The highest BCUT2D eigenvalue weighted by atomic mass is 79.9. The molecule has 0 bridgehead atoms. The second-order valence-corrected chi connectivity index (χ2v) is 5.32. The monoisotopic (exact) mass is 352 g/mol. The van der Waals surface area contributed by atoms with Crippen LogP contribution >= 0.6 is 15.9 Å². The van der Waals surface area contributed by atoms with Gasteiger partial charge in [-0.3, -0.25) is 0 Å². The fraction of sp³-hybridized carbons (Fsp3) is 0.250. The van der Waals surface area contributed by atoms with Crippen molar-refractivity contribution in [2.24, 2.45) is 0 Å². The third kappa shape index (κ3) is 5.28. The van der Waals surface area contributed by atoms with Gasteiger partial charge in [-0.2, -0.15) is 0 Å². The first kappa shape index (κ1) is 15.7. The molecule has 112 valence electrons. The highest BCUT2D eigenvalue weighted by Crippen LogP contribution is 2.19. The molecular formula is C16H17BrO4. The highest BCUT2D eigenvalue weighted by Gasteiger charge is 2.07. The minimum atomic E-state index is -0.708. The van der Waals surface area contributed by atoms with Crippen molar-refractivity contribution in [3.05, 3.63) is 53.0 Å². The van der Waals surface area contributed by atoms with E-state index in [1.165, 1.54) is 0 Å². The molecule has 2 rings (SSSR count). The van der Waals surface area contributed by atoms with E-state index < -0.39 is 6.10 Å². The van der Waals surface area contributed by atoms with Crippen molar-refractivity contribution in [2.75, 3.05) is 20.3 Å². The molecule has 0 amide bonds. The molecule has 1 N–H and O–H groups in total. The Morgan fingerprint density at radius 2 is 1.57 bits per heavy atom. The van der Waals surface area contributed by atoms with Crippen LogP contribution in [0, 0.1) is 0 Å². The molecule has 2 aromatic rings. The van der Waals surface area contributed by atoms with Crippen molar-refractivity contribution in [3.63, 3.8) is 0 Å². The molecule has 5 heteroatoms. The number of aliphatic hydroxyl groups is 1. The third-order valence-electron chi connectivity index (χ3n) is 2.74. The van der Waals surface area contributed by atoms with Gasteiger partial charge in [-0.25, -0.2) is 0 Å². The van der Waals surface area contributed by atoms with E-state index in [4.69, 9.17) is 14.2 Å². The average Bonchev–Trinajstić information content (AvgIpc) is 2.52. The Hall–Kier alpha value is -1.72. The van der Waals surface area contributed by atoms with E-state index in [0.29, 0.717) is 17.2 Å². The van der Waals surface area contributed by atoms with Crippen molar-refractivity contribution in [3.8, 4) is 17.2 Å². The van der Waals surface area contributed by atoms with Crippen LogP contribution in [0.3, 0.4) is 0 Å². The van der Waals surface area contributed by atoms with E-state index >= 15 is 0 Å². The van der Waals surface area contributed by atoms with E-state index in [9.17, 15) is 5.11 Å². The number of aliphatic hydroxyl groups excluding tert-OH is 1. The summed E-state index contributed by atoms with van der Waals surface area (Å²) in [6, 6.07) is 14.7. The summed E-state index contributed by atoms with van der Waals surface area (Å²) in [5.74, 6) is 2.07. The molecular weight excluding hydrogens is 336 g/mol. The Kier molecular flexibility index (Phi) is 5.90. The fourth-order valence-electron chi connectivity index (χ4n) is 1.65. The molecule has 21 heavy (non-hydrogen) atoms. The Balaban J connectivity index is 1.76. The molecule has 0 spiro atoms. The standard InChI is InChI=1S/C16H17BrO4/c1-19-15-3-2-4-16(9-15)21-11-13(18)10-20-14-7-5-12(17)6-8-14/h2-9,13,18H,10-11H2,1H3/t13-/m0/s1. The van der Waals surface area contributed by atoms with Crippen LogP contribution in [0.5, 0.6) is 17.2 Å². The lowest BCUT2D eigenvalue weighted by Crippen LogP contribution is -2.25. The second kappa shape index (κ2) is 7.90. The molecule has 0 unspecified atom stereocenters. The van der Waals surface area contributed by atoms with Crippen LogP contribution in [0.2, 0.25) is 0 Å². The SMILES string of the molecule is COc1cccc(OC[C@@H](O)COc2ccc(Br)cc2)c1. The van der Waals surface area contributed by atoms with Gasteiger partial charge in [0.2, 0.25) is 0 Å². The summed E-state index contributed by atoms with van der Waals surface area (Å²) in [5.41, 5.74) is 0. The second-order valence-electron chi connectivity index (χ2n) is 4.41. The number of hydrogen-bond acceptors (Lipinski definition) is 4. The van der Waals surface area contributed by atoms with Gasteiger partial charge >= 0.3 is 0 Å². The lowest BCUT2D eigenvalue weighted by molar-refractivity contribution is 0.0625. The van der Waals surface area contributed by atoms with E-state index in [1.54, 1.807) is 13.2 Å². The quantitative estimate of drug-likeness (QED) is 0.830. The van der Waals surface area contributed by atoms with Gasteiger partial charge in [0.15, 0.2) is 0 Å². The van der Waals surface area contributed by atoms with Gasteiger partial charge in [-0.1, -0.05) is 22.0 Å². The minimum Gasteiger partial charge on any atom is -0.497 e. The van der Waals surface area contributed by atoms with Crippen molar-refractivity contribution in [1.29, 1.82) is 0 Å². The number of halogens is 1. The van der Waals surface area contributed by atoms with Crippen LogP contribution in [0.4, 0.5) is 0 Å². The zero-order valence-electron chi connectivity index (χ0n) is 11.7. The molecule has 0 radical (unpaired) electrons. The number of ether oxygens (including phenoxy) is 3. The Morgan fingerprint density at radius 1 is 0.952 bits per heavy atom. The highest BCUT2D eigenvalue weighted by molar-refractivity contribution is 9.10. The van der Waals surface area contributed by atoms with Crippen molar-refractivity contribution >= 4 is 15.9 Å². The smallest absolute Gasteiger partial charge is 0.123 e. The van der Waals surface area contributed by atoms with Gasteiger partial charge in [-0.05, 0) is 36.4 Å². The molecule has 0 saturated carbocycles. The van der Waals surface area contributed by atoms with Gasteiger partial charge in [0, 0.05) is 10.5 Å².